The minimum absolute atomic E-state index is 0.0833. The highest BCUT2D eigenvalue weighted by Crippen LogP contribution is 2.41. The van der Waals surface area contributed by atoms with Crippen LogP contribution in [0, 0.1) is 0 Å². The molecule has 0 unspecified atom stereocenters. The van der Waals surface area contributed by atoms with Gasteiger partial charge in [0.05, 0.1) is 23.4 Å². The van der Waals surface area contributed by atoms with Crippen LogP contribution in [0.2, 0.25) is 0 Å². The monoisotopic (exact) mass is 439 g/mol. The van der Waals surface area contributed by atoms with E-state index in [1.807, 2.05) is 50.2 Å². The number of hydrogen-bond acceptors (Lipinski definition) is 7. The van der Waals surface area contributed by atoms with E-state index in [1.165, 1.54) is 0 Å². The molecule has 2 aromatic carbocycles. The van der Waals surface area contributed by atoms with Crippen molar-refractivity contribution in [2.75, 3.05) is 43.1 Å². The summed E-state index contributed by atoms with van der Waals surface area (Å²) in [5.41, 5.74) is 2.51. The lowest BCUT2D eigenvalue weighted by Gasteiger charge is -2.25. The van der Waals surface area contributed by atoms with Gasteiger partial charge in [0.2, 0.25) is 0 Å². The number of nitrogens with zero attached hydrogens (tertiary/aromatic N) is 2. The number of hydrogen-bond donors (Lipinski definition) is 1. The van der Waals surface area contributed by atoms with Crippen LogP contribution in [0.15, 0.2) is 36.4 Å². The molecular weight excluding hydrogens is 414 g/mol. The number of benzene rings is 2. The van der Waals surface area contributed by atoms with Gasteiger partial charge in [-0.25, -0.2) is 4.98 Å². The Balaban J connectivity index is 1.23. The number of ether oxygens (including phenoxy) is 3. The molecule has 2 aliphatic heterocycles. The lowest BCUT2D eigenvalue weighted by molar-refractivity contribution is -0.118. The maximum atomic E-state index is 12.5. The lowest BCUT2D eigenvalue weighted by atomic mass is 10.0. The number of morpholine rings is 1. The number of thiazole rings is 1. The van der Waals surface area contributed by atoms with Gasteiger partial charge in [0.1, 0.15) is 5.60 Å². The summed E-state index contributed by atoms with van der Waals surface area (Å²) in [6.07, 6.45) is 0.826. The standard InChI is InChI=1S/C23H25N3O4S/c1-23(2)13-15-4-3-5-18(21(15)30-23)29-14-20(27)24-16-6-7-17-19(12-16)31-22(25-17)26-8-10-28-11-9-26/h3-7,12H,8-11,13-14H2,1-2H3,(H,24,27). The molecule has 162 valence electrons. The Morgan fingerprint density at radius 1 is 1.26 bits per heavy atom. The fourth-order valence-corrected chi connectivity index (χ4v) is 4.98. The van der Waals surface area contributed by atoms with E-state index in [0.717, 1.165) is 65.1 Å². The summed E-state index contributed by atoms with van der Waals surface area (Å²) in [5, 5.41) is 3.91. The average Bonchev–Trinajstić information content (AvgIpc) is 3.32. The van der Waals surface area contributed by atoms with Gasteiger partial charge in [-0.1, -0.05) is 23.5 Å². The summed E-state index contributed by atoms with van der Waals surface area (Å²) in [4.78, 5) is 19.4. The normalized spacial score (nSPS) is 17.3. The Labute approximate surface area is 184 Å². The number of para-hydroxylation sites is 1. The van der Waals surface area contributed by atoms with Crippen molar-refractivity contribution in [3.8, 4) is 11.5 Å². The summed E-state index contributed by atoms with van der Waals surface area (Å²) in [7, 11) is 0. The van der Waals surface area contributed by atoms with Crippen molar-refractivity contribution in [3.63, 3.8) is 0 Å². The van der Waals surface area contributed by atoms with E-state index < -0.39 is 0 Å². The number of nitrogens with one attached hydrogen (secondary N) is 1. The summed E-state index contributed by atoms with van der Waals surface area (Å²) in [6, 6.07) is 11.6. The molecule has 1 aromatic heterocycles. The van der Waals surface area contributed by atoms with Crippen LogP contribution in [0.4, 0.5) is 10.8 Å². The van der Waals surface area contributed by atoms with Gasteiger partial charge in [-0.2, -0.15) is 0 Å². The fourth-order valence-electron chi connectivity index (χ4n) is 3.92. The Morgan fingerprint density at radius 2 is 2.10 bits per heavy atom. The van der Waals surface area contributed by atoms with Gasteiger partial charge >= 0.3 is 0 Å². The first-order chi connectivity index (χ1) is 15.0. The van der Waals surface area contributed by atoms with Gasteiger partial charge in [0.15, 0.2) is 23.2 Å². The third kappa shape index (κ3) is 4.31. The number of rotatable bonds is 5. The van der Waals surface area contributed by atoms with Gasteiger partial charge in [0.25, 0.3) is 5.91 Å². The number of anilines is 2. The molecule has 5 rings (SSSR count). The topological polar surface area (TPSA) is 72.9 Å². The molecule has 3 aromatic rings. The molecule has 0 saturated carbocycles. The zero-order chi connectivity index (χ0) is 21.4. The SMILES string of the molecule is CC1(C)Cc2cccc(OCC(=O)Nc3ccc4nc(N5CCOCC5)sc4c3)c2O1. The van der Waals surface area contributed by atoms with Gasteiger partial charge in [-0.15, -0.1) is 0 Å². The second kappa shape index (κ2) is 8.01. The van der Waals surface area contributed by atoms with Crippen molar-refractivity contribution in [3.05, 3.63) is 42.0 Å². The Morgan fingerprint density at radius 3 is 2.94 bits per heavy atom. The van der Waals surface area contributed by atoms with Crippen LogP contribution in [0.25, 0.3) is 10.2 Å². The minimum Gasteiger partial charge on any atom is -0.483 e. The zero-order valence-electron chi connectivity index (χ0n) is 17.6. The molecule has 1 saturated heterocycles. The molecule has 3 heterocycles. The molecule has 1 fully saturated rings. The third-order valence-corrected chi connectivity index (χ3v) is 6.44. The second-order valence-electron chi connectivity index (χ2n) is 8.40. The van der Waals surface area contributed by atoms with Crippen LogP contribution >= 0.6 is 11.3 Å². The summed E-state index contributed by atoms with van der Waals surface area (Å²) >= 11 is 1.63. The van der Waals surface area contributed by atoms with Crippen LogP contribution < -0.4 is 19.7 Å². The van der Waals surface area contributed by atoms with Crippen molar-refractivity contribution >= 4 is 38.3 Å². The van der Waals surface area contributed by atoms with E-state index in [4.69, 9.17) is 19.2 Å². The number of carbonyl (C=O) groups excluding carboxylic acids is 1. The zero-order valence-corrected chi connectivity index (χ0v) is 18.5. The molecule has 31 heavy (non-hydrogen) atoms. The lowest BCUT2D eigenvalue weighted by Crippen LogP contribution is -2.36. The van der Waals surface area contributed by atoms with Crippen LogP contribution in [0.5, 0.6) is 11.5 Å². The van der Waals surface area contributed by atoms with Crippen molar-refractivity contribution in [2.45, 2.75) is 25.9 Å². The van der Waals surface area contributed by atoms with Crippen LogP contribution in [-0.4, -0.2) is 49.4 Å². The molecule has 0 radical (unpaired) electrons. The van der Waals surface area contributed by atoms with Gasteiger partial charge in [-0.05, 0) is 38.1 Å². The van der Waals surface area contributed by atoms with Gasteiger partial charge in [-0.3, -0.25) is 4.79 Å². The first-order valence-corrected chi connectivity index (χ1v) is 11.3. The minimum atomic E-state index is -0.256. The van der Waals surface area contributed by atoms with E-state index >= 15 is 0 Å². The van der Waals surface area contributed by atoms with Crippen LogP contribution in [-0.2, 0) is 16.0 Å². The second-order valence-corrected chi connectivity index (χ2v) is 9.41. The molecule has 0 bridgehead atoms. The molecule has 2 aliphatic rings. The first-order valence-electron chi connectivity index (χ1n) is 10.4. The largest absolute Gasteiger partial charge is 0.483 e. The Hall–Kier alpha value is -2.84. The molecule has 0 atom stereocenters. The Bertz CT molecular complexity index is 1120. The fraction of sp³-hybridized carbons (Fsp3) is 0.391. The van der Waals surface area contributed by atoms with Crippen molar-refractivity contribution in [1.82, 2.24) is 4.98 Å². The van der Waals surface area contributed by atoms with E-state index in [-0.39, 0.29) is 18.1 Å². The molecule has 1 N–H and O–H groups in total. The number of amides is 1. The van der Waals surface area contributed by atoms with Crippen LogP contribution in [0.3, 0.4) is 0 Å². The average molecular weight is 440 g/mol. The predicted molar refractivity (Wildman–Crippen MR) is 122 cm³/mol. The van der Waals surface area contributed by atoms with Crippen molar-refractivity contribution in [1.29, 1.82) is 0 Å². The van der Waals surface area contributed by atoms with E-state index in [1.54, 1.807) is 11.3 Å². The summed E-state index contributed by atoms with van der Waals surface area (Å²) in [6.45, 7) is 7.16. The number of carbonyl (C=O) groups is 1. The van der Waals surface area contributed by atoms with Crippen molar-refractivity contribution in [2.24, 2.45) is 0 Å². The van der Waals surface area contributed by atoms with Gasteiger partial charge < -0.3 is 24.4 Å². The molecule has 1 amide bonds. The summed E-state index contributed by atoms with van der Waals surface area (Å²) < 4.78 is 18.2. The molecule has 8 heteroatoms. The van der Waals surface area contributed by atoms with Crippen LogP contribution in [0.1, 0.15) is 19.4 Å². The number of aromatic nitrogens is 1. The third-order valence-electron chi connectivity index (χ3n) is 5.36. The highest BCUT2D eigenvalue weighted by atomic mass is 32.1. The molecule has 0 aliphatic carbocycles. The van der Waals surface area contributed by atoms with E-state index in [9.17, 15) is 4.79 Å². The molecule has 7 nitrogen and oxygen atoms in total. The summed E-state index contributed by atoms with van der Waals surface area (Å²) in [5.74, 6) is 1.13. The molecule has 0 spiro atoms. The van der Waals surface area contributed by atoms with E-state index in [0.29, 0.717) is 5.75 Å². The first kappa shape index (κ1) is 20.1. The van der Waals surface area contributed by atoms with Gasteiger partial charge in [0, 0.05) is 30.8 Å². The number of fused-ring (bicyclic) bond motifs is 2. The predicted octanol–water partition coefficient (Wildman–Crippen LogP) is 3.86. The smallest absolute Gasteiger partial charge is 0.262 e. The van der Waals surface area contributed by atoms with Crippen molar-refractivity contribution < 1.29 is 19.0 Å². The highest BCUT2D eigenvalue weighted by Gasteiger charge is 2.32. The highest BCUT2D eigenvalue weighted by molar-refractivity contribution is 7.22. The van der Waals surface area contributed by atoms with E-state index in [2.05, 4.69) is 10.2 Å². The quantitative estimate of drug-likeness (QED) is 0.651. The Kier molecular flexibility index (Phi) is 5.19. The maximum Gasteiger partial charge on any atom is 0.262 e. The maximum absolute atomic E-state index is 12.5. The molecular formula is C23H25N3O4S.